The van der Waals surface area contributed by atoms with E-state index in [1.54, 1.807) is 30.3 Å². The van der Waals surface area contributed by atoms with E-state index in [9.17, 15) is 14.7 Å². The monoisotopic (exact) mass is 426 g/mol. The lowest BCUT2D eigenvalue weighted by Crippen LogP contribution is -2.50. The molecule has 1 N–H and O–H groups in total. The Bertz CT molecular complexity index is 896. The van der Waals surface area contributed by atoms with Crippen LogP contribution in [0.3, 0.4) is 0 Å². The molecule has 0 bridgehead atoms. The van der Waals surface area contributed by atoms with Crippen molar-refractivity contribution in [1.82, 2.24) is 0 Å². The van der Waals surface area contributed by atoms with Gasteiger partial charge in [-0.05, 0) is 35.3 Å². The van der Waals surface area contributed by atoms with Crippen molar-refractivity contribution in [2.75, 3.05) is 0 Å². The summed E-state index contributed by atoms with van der Waals surface area (Å²) in [7, 11) is 0. The first kappa shape index (κ1) is 23.0. The van der Waals surface area contributed by atoms with Gasteiger partial charge in [0, 0.05) is 12.3 Å². The summed E-state index contributed by atoms with van der Waals surface area (Å²) in [6, 6.07) is 18.3. The summed E-state index contributed by atoms with van der Waals surface area (Å²) < 4.78 is 21.2. The lowest BCUT2D eigenvalue weighted by Gasteiger charge is -2.44. The number of aliphatic carboxylic acids is 1. The van der Waals surface area contributed by atoms with Crippen molar-refractivity contribution < 1.29 is 23.8 Å². The fourth-order valence-corrected chi connectivity index (χ4v) is 4.71. The van der Waals surface area contributed by atoms with Crippen LogP contribution in [0.1, 0.15) is 51.2 Å². The third-order valence-electron chi connectivity index (χ3n) is 6.71. The van der Waals surface area contributed by atoms with Crippen LogP contribution in [0.4, 0.5) is 4.39 Å². The Hall–Kier alpha value is -2.69. The molecule has 166 valence electrons. The Morgan fingerprint density at radius 1 is 1.03 bits per heavy atom. The third-order valence-corrected chi connectivity index (χ3v) is 6.71. The molecule has 0 aromatic heterocycles. The molecule has 2 aromatic rings. The first-order chi connectivity index (χ1) is 14.6. The van der Waals surface area contributed by atoms with Gasteiger partial charge in [-0.1, -0.05) is 87.9 Å². The highest BCUT2D eigenvalue weighted by molar-refractivity contribution is 6.03. The second kappa shape index (κ2) is 9.21. The zero-order valence-electron chi connectivity index (χ0n) is 18.4. The van der Waals surface area contributed by atoms with E-state index in [0.717, 1.165) is 18.4 Å². The maximum absolute atomic E-state index is 15.5. The highest BCUT2D eigenvalue weighted by Crippen LogP contribution is 2.44. The van der Waals surface area contributed by atoms with Gasteiger partial charge in [-0.3, -0.25) is 0 Å². The van der Waals surface area contributed by atoms with Gasteiger partial charge < -0.3 is 9.84 Å². The molecule has 3 rings (SSSR count). The number of benzene rings is 2. The number of carbonyl (C=O) groups excluding carboxylic acids is 1. The molecule has 5 heteroatoms. The summed E-state index contributed by atoms with van der Waals surface area (Å²) in [5, 5.41) is 9.57. The number of carbonyl (C=O) groups is 2. The molecule has 0 radical (unpaired) electrons. The molecule has 0 unspecified atom stereocenters. The molecule has 0 heterocycles. The van der Waals surface area contributed by atoms with Crippen LogP contribution in [0, 0.1) is 11.8 Å². The van der Waals surface area contributed by atoms with Crippen molar-refractivity contribution >= 4 is 11.9 Å². The molecule has 0 amide bonds. The molecular formula is C26H31FO4. The fraction of sp³-hybridized carbons (Fsp3) is 0.462. The van der Waals surface area contributed by atoms with Crippen LogP contribution in [-0.4, -0.2) is 28.8 Å². The van der Waals surface area contributed by atoms with E-state index in [0.29, 0.717) is 17.9 Å². The third kappa shape index (κ3) is 4.97. The topological polar surface area (TPSA) is 63.6 Å². The van der Waals surface area contributed by atoms with Gasteiger partial charge in [-0.25, -0.2) is 14.0 Å². The molecular weight excluding hydrogens is 395 g/mol. The minimum absolute atomic E-state index is 0.0372. The summed E-state index contributed by atoms with van der Waals surface area (Å²) >= 11 is 0. The molecule has 0 saturated heterocycles. The summed E-state index contributed by atoms with van der Waals surface area (Å²) in [5.74, 6) is -2.85. The number of esters is 1. The zero-order valence-corrected chi connectivity index (χ0v) is 18.4. The summed E-state index contributed by atoms with van der Waals surface area (Å²) in [6.07, 6.45) is 1.30. The normalized spacial score (nSPS) is 23.5. The van der Waals surface area contributed by atoms with E-state index >= 15 is 4.39 Å². The molecule has 31 heavy (non-hydrogen) atoms. The van der Waals surface area contributed by atoms with Crippen molar-refractivity contribution in [3.8, 4) is 0 Å². The van der Waals surface area contributed by atoms with Gasteiger partial charge in [-0.2, -0.15) is 0 Å². The number of hydrogen-bond acceptors (Lipinski definition) is 3. The largest absolute Gasteiger partial charge is 0.478 e. The first-order valence-corrected chi connectivity index (χ1v) is 10.9. The number of alkyl halides is 1. The van der Waals surface area contributed by atoms with Gasteiger partial charge >= 0.3 is 17.6 Å². The summed E-state index contributed by atoms with van der Waals surface area (Å²) in [4.78, 5) is 24.7. The highest BCUT2D eigenvalue weighted by Gasteiger charge is 2.51. The SMILES string of the molecule is C[C@@H]1CC[C@@H](C(C)(C)c2ccccc2)[C@H](OC(=O)[C@](F)(Cc2ccccc2)C(=O)O)C1. The first-order valence-electron chi connectivity index (χ1n) is 10.9. The Morgan fingerprint density at radius 2 is 1.61 bits per heavy atom. The quantitative estimate of drug-likeness (QED) is 0.479. The second-order valence-electron chi connectivity index (χ2n) is 9.32. The van der Waals surface area contributed by atoms with Crippen LogP contribution < -0.4 is 0 Å². The van der Waals surface area contributed by atoms with Crippen LogP contribution in [-0.2, 0) is 26.2 Å². The molecule has 1 fully saturated rings. The number of halogens is 1. The van der Waals surface area contributed by atoms with E-state index < -0.39 is 30.1 Å². The maximum atomic E-state index is 15.5. The van der Waals surface area contributed by atoms with Crippen LogP contribution in [0.2, 0.25) is 0 Å². The Morgan fingerprint density at radius 3 is 2.19 bits per heavy atom. The van der Waals surface area contributed by atoms with Gasteiger partial charge in [0.15, 0.2) is 0 Å². The van der Waals surface area contributed by atoms with Gasteiger partial charge in [0.2, 0.25) is 0 Å². The van der Waals surface area contributed by atoms with E-state index in [1.165, 1.54) is 0 Å². The lowest BCUT2D eigenvalue weighted by molar-refractivity contribution is -0.179. The highest BCUT2D eigenvalue weighted by atomic mass is 19.1. The number of carboxylic acids is 1. The molecule has 4 nitrogen and oxygen atoms in total. The molecule has 1 aliphatic rings. The van der Waals surface area contributed by atoms with Crippen molar-refractivity contribution in [3.05, 3.63) is 71.8 Å². The molecule has 2 aromatic carbocycles. The Labute approximate surface area is 183 Å². The van der Waals surface area contributed by atoms with Crippen molar-refractivity contribution in [2.24, 2.45) is 11.8 Å². The average molecular weight is 427 g/mol. The second-order valence-corrected chi connectivity index (χ2v) is 9.32. The predicted octanol–water partition coefficient (Wildman–Crippen LogP) is 5.35. The minimum Gasteiger partial charge on any atom is -0.478 e. The maximum Gasteiger partial charge on any atom is 0.356 e. The molecule has 0 spiro atoms. The number of hydrogen-bond donors (Lipinski definition) is 1. The van der Waals surface area contributed by atoms with Crippen molar-refractivity contribution in [1.29, 1.82) is 0 Å². The van der Waals surface area contributed by atoms with E-state index in [1.807, 2.05) is 30.3 Å². The fourth-order valence-electron chi connectivity index (χ4n) is 4.71. The summed E-state index contributed by atoms with van der Waals surface area (Å²) in [5.41, 5.74) is -1.88. The Balaban J connectivity index is 1.85. The average Bonchev–Trinajstić information content (AvgIpc) is 2.74. The lowest BCUT2D eigenvalue weighted by atomic mass is 9.64. The molecule has 1 aliphatic carbocycles. The Kier molecular flexibility index (Phi) is 6.83. The van der Waals surface area contributed by atoms with Crippen LogP contribution in [0.5, 0.6) is 0 Å². The van der Waals surface area contributed by atoms with Crippen molar-refractivity contribution in [2.45, 2.75) is 63.6 Å². The van der Waals surface area contributed by atoms with Crippen LogP contribution in [0.15, 0.2) is 60.7 Å². The van der Waals surface area contributed by atoms with Crippen molar-refractivity contribution in [3.63, 3.8) is 0 Å². The van der Waals surface area contributed by atoms with E-state index in [-0.39, 0.29) is 11.3 Å². The van der Waals surface area contributed by atoms with Gasteiger partial charge in [-0.15, -0.1) is 0 Å². The summed E-state index contributed by atoms with van der Waals surface area (Å²) in [6.45, 7) is 6.29. The zero-order chi connectivity index (χ0) is 22.6. The van der Waals surface area contributed by atoms with Gasteiger partial charge in [0.05, 0.1) is 0 Å². The van der Waals surface area contributed by atoms with E-state index in [4.69, 9.17) is 4.74 Å². The van der Waals surface area contributed by atoms with Gasteiger partial charge in [0.25, 0.3) is 0 Å². The number of ether oxygens (including phenoxy) is 1. The number of rotatable bonds is 7. The number of carboxylic acid groups (broad SMARTS) is 1. The van der Waals surface area contributed by atoms with Crippen LogP contribution >= 0.6 is 0 Å². The predicted molar refractivity (Wildman–Crippen MR) is 117 cm³/mol. The van der Waals surface area contributed by atoms with Crippen LogP contribution in [0.25, 0.3) is 0 Å². The molecule has 4 atom stereocenters. The smallest absolute Gasteiger partial charge is 0.356 e. The molecule has 1 saturated carbocycles. The molecule has 0 aliphatic heterocycles. The van der Waals surface area contributed by atoms with Gasteiger partial charge in [0.1, 0.15) is 6.10 Å². The minimum atomic E-state index is -3.12. The van der Waals surface area contributed by atoms with E-state index in [2.05, 4.69) is 20.8 Å². The standard InChI is InChI=1S/C26H31FO4/c1-18-14-15-21(25(2,3)20-12-8-5-9-13-20)22(16-18)31-24(30)26(27,23(28)29)17-19-10-6-4-7-11-19/h4-13,18,21-22H,14-17H2,1-3H3,(H,28,29)/t18-,21-,22-,26+/m1/s1.